The molecule has 0 aliphatic rings. The average molecular weight is 438 g/mol. The number of likely N-dealkylation sites (N-methyl/N-ethyl adjacent to an activating group) is 1. The normalized spacial score (nSPS) is 11.9. The largest absolute Gasteiger partial charge is 0.379 e. The molecule has 0 saturated carbocycles. The van der Waals surface area contributed by atoms with Gasteiger partial charge in [-0.25, -0.2) is 0 Å². The van der Waals surface area contributed by atoms with Crippen LogP contribution in [0.5, 0.6) is 0 Å². The number of nitrogens with one attached hydrogen (secondary N) is 2. The minimum atomic E-state index is -0.362. The monoisotopic (exact) mass is 437 g/mol. The third-order valence-corrected chi connectivity index (χ3v) is 5.68. The van der Waals surface area contributed by atoms with E-state index in [2.05, 4.69) is 10.6 Å². The zero-order valence-corrected chi connectivity index (χ0v) is 18.6. The van der Waals surface area contributed by atoms with Crippen LogP contribution in [0.1, 0.15) is 38.5 Å². The number of hydrogen-bond donors (Lipinski definition) is 3. The first-order valence-corrected chi connectivity index (χ1v) is 12.3. The number of ether oxygens (including phenoxy) is 2. The molecule has 0 aromatic heterocycles. The lowest BCUT2D eigenvalue weighted by molar-refractivity contribution is -0.126. The van der Waals surface area contributed by atoms with Crippen LogP contribution in [0.2, 0.25) is 0 Å². The summed E-state index contributed by atoms with van der Waals surface area (Å²) in [5, 5.41) is 5.62. The van der Waals surface area contributed by atoms with Gasteiger partial charge in [-0.1, -0.05) is 21.6 Å². The summed E-state index contributed by atoms with van der Waals surface area (Å²) in [6.45, 7) is 1.80. The molecule has 0 fully saturated rings. The molecule has 1 atom stereocenters. The number of primary amides is 1. The summed E-state index contributed by atoms with van der Waals surface area (Å²) in [6.07, 6.45) is 6.10. The molecule has 8 nitrogen and oxygen atoms in total. The van der Waals surface area contributed by atoms with Crippen molar-refractivity contribution in [3.8, 4) is 0 Å². The number of Topliss-reactive ketones (excluding diaryl/α,β-unsaturated/α-hetero) is 1. The van der Waals surface area contributed by atoms with Gasteiger partial charge in [0.05, 0.1) is 19.3 Å². The van der Waals surface area contributed by atoms with Crippen LogP contribution in [0.3, 0.4) is 0 Å². The number of carbonyl (C=O) groups excluding carboxylic acids is 3. The number of nitrogens with two attached hydrogens (primary N) is 1. The molecule has 10 heteroatoms. The van der Waals surface area contributed by atoms with Crippen molar-refractivity contribution in [3.63, 3.8) is 0 Å². The van der Waals surface area contributed by atoms with Gasteiger partial charge in [0.1, 0.15) is 12.4 Å². The Balaban J connectivity index is 3.39. The predicted molar refractivity (Wildman–Crippen MR) is 115 cm³/mol. The Kier molecular flexibility index (Phi) is 18.9. The van der Waals surface area contributed by atoms with Crippen molar-refractivity contribution in [2.45, 2.75) is 44.6 Å². The minimum Gasteiger partial charge on any atom is -0.379 e. The summed E-state index contributed by atoms with van der Waals surface area (Å²) in [5.74, 6) is 0.600. The molecular weight excluding hydrogens is 402 g/mol. The quantitative estimate of drug-likeness (QED) is 0.192. The molecule has 28 heavy (non-hydrogen) atoms. The van der Waals surface area contributed by atoms with Crippen molar-refractivity contribution in [3.05, 3.63) is 0 Å². The summed E-state index contributed by atoms with van der Waals surface area (Å²) >= 11 is 0. The second kappa shape index (κ2) is 19.5. The number of ketones is 1. The van der Waals surface area contributed by atoms with Gasteiger partial charge in [-0.2, -0.15) is 0 Å². The fourth-order valence-corrected chi connectivity index (χ4v) is 3.53. The number of carbonyl (C=O) groups is 3. The van der Waals surface area contributed by atoms with Gasteiger partial charge in [-0.3, -0.25) is 14.4 Å². The molecule has 0 aliphatic carbocycles. The van der Waals surface area contributed by atoms with Crippen molar-refractivity contribution in [2.75, 3.05) is 52.0 Å². The van der Waals surface area contributed by atoms with Crippen LogP contribution in [0.15, 0.2) is 0 Å². The molecule has 0 spiro atoms. The lowest BCUT2D eigenvalue weighted by Gasteiger charge is -2.11. The van der Waals surface area contributed by atoms with Crippen LogP contribution < -0.4 is 16.4 Å². The van der Waals surface area contributed by atoms with Crippen LogP contribution in [0, 0.1) is 0 Å². The Bertz CT molecular complexity index is 441. The minimum absolute atomic E-state index is 0.00458. The van der Waals surface area contributed by atoms with Gasteiger partial charge in [-0.05, 0) is 39.0 Å². The molecule has 0 saturated heterocycles. The second-order valence-electron chi connectivity index (χ2n) is 6.14. The van der Waals surface area contributed by atoms with Crippen LogP contribution in [0.25, 0.3) is 0 Å². The number of unbranched alkanes of at least 4 members (excludes halogenated alkanes) is 1. The van der Waals surface area contributed by atoms with Crippen LogP contribution in [0.4, 0.5) is 0 Å². The Labute approximate surface area is 176 Å². The second-order valence-corrected chi connectivity index (χ2v) is 8.82. The summed E-state index contributed by atoms with van der Waals surface area (Å²) in [4.78, 5) is 34.2. The van der Waals surface area contributed by atoms with Crippen molar-refractivity contribution < 1.29 is 23.9 Å². The standard InChI is InChI=1S/C18H35N3O5S2/c1-20-16(18(19)24)7-3-4-9-21-17(23)14-26-12-11-25-10-5-6-15(22)8-13-28-27-2/h16,20H,3-14H2,1-2H3,(H2,19,24)(H,21,23). The first kappa shape index (κ1) is 27.2. The highest BCUT2D eigenvalue weighted by atomic mass is 33.1. The Morgan fingerprint density at radius 1 is 1.04 bits per heavy atom. The highest BCUT2D eigenvalue weighted by Crippen LogP contribution is 2.17. The molecule has 0 aromatic rings. The summed E-state index contributed by atoms with van der Waals surface area (Å²) in [6, 6.07) is -0.323. The van der Waals surface area contributed by atoms with Crippen molar-refractivity contribution >= 4 is 39.2 Å². The molecule has 0 rings (SSSR count). The van der Waals surface area contributed by atoms with E-state index < -0.39 is 0 Å². The maximum atomic E-state index is 11.6. The van der Waals surface area contributed by atoms with Gasteiger partial charge in [0.15, 0.2) is 0 Å². The molecule has 0 aliphatic heterocycles. The van der Waals surface area contributed by atoms with E-state index in [1.807, 2.05) is 6.26 Å². The molecule has 0 heterocycles. The molecule has 4 N–H and O–H groups in total. The van der Waals surface area contributed by atoms with E-state index in [0.29, 0.717) is 52.0 Å². The molecule has 0 radical (unpaired) electrons. The van der Waals surface area contributed by atoms with E-state index in [9.17, 15) is 14.4 Å². The number of hydrogen-bond acceptors (Lipinski definition) is 8. The Morgan fingerprint density at radius 3 is 2.46 bits per heavy atom. The van der Waals surface area contributed by atoms with E-state index in [1.54, 1.807) is 28.6 Å². The van der Waals surface area contributed by atoms with Crippen LogP contribution in [-0.4, -0.2) is 75.7 Å². The Morgan fingerprint density at radius 2 is 1.79 bits per heavy atom. The first-order valence-electron chi connectivity index (χ1n) is 9.57. The molecule has 164 valence electrons. The first-order chi connectivity index (χ1) is 13.5. The molecule has 2 amide bonds. The van der Waals surface area contributed by atoms with Crippen LogP contribution >= 0.6 is 21.6 Å². The lowest BCUT2D eigenvalue weighted by atomic mass is 10.1. The molecule has 0 bridgehead atoms. The highest BCUT2D eigenvalue weighted by molar-refractivity contribution is 8.76. The number of rotatable bonds is 20. The van der Waals surface area contributed by atoms with E-state index in [1.165, 1.54) is 0 Å². The van der Waals surface area contributed by atoms with Crippen molar-refractivity contribution in [1.82, 2.24) is 10.6 Å². The van der Waals surface area contributed by atoms with Gasteiger partial charge in [0.25, 0.3) is 0 Å². The summed E-state index contributed by atoms with van der Waals surface area (Å²) in [5.41, 5.74) is 5.24. The fraction of sp³-hybridized carbons (Fsp3) is 0.833. The number of amides is 2. The van der Waals surface area contributed by atoms with Gasteiger partial charge in [-0.15, -0.1) is 0 Å². The summed E-state index contributed by atoms with van der Waals surface area (Å²) in [7, 11) is 5.07. The third kappa shape index (κ3) is 17.3. The summed E-state index contributed by atoms with van der Waals surface area (Å²) < 4.78 is 10.6. The maximum absolute atomic E-state index is 11.6. The zero-order valence-electron chi connectivity index (χ0n) is 17.0. The Hall–Kier alpha value is -0.810. The van der Waals surface area contributed by atoms with Crippen molar-refractivity contribution in [1.29, 1.82) is 0 Å². The molecular formula is C18H35N3O5S2. The van der Waals surface area contributed by atoms with Crippen LogP contribution in [-0.2, 0) is 23.9 Å². The smallest absolute Gasteiger partial charge is 0.245 e. The predicted octanol–water partition coefficient (Wildman–Crippen LogP) is 1.13. The van der Waals surface area contributed by atoms with E-state index in [-0.39, 0.29) is 30.2 Å². The van der Waals surface area contributed by atoms with E-state index >= 15 is 0 Å². The fourth-order valence-electron chi connectivity index (χ4n) is 2.30. The average Bonchev–Trinajstić information content (AvgIpc) is 2.66. The van der Waals surface area contributed by atoms with Gasteiger partial charge in [0, 0.05) is 31.7 Å². The van der Waals surface area contributed by atoms with Gasteiger partial charge < -0.3 is 25.8 Å². The molecule has 0 aromatic carbocycles. The van der Waals surface area contributed by atoms with E-state index in [4.69, 9.17) is 15.2 Å². The zero-order chi connectivity index (χ0) is 21.0. The highest BCUT2D eigenvalue weighted by Gasteiger charge is 2.11. The van der Waals surface area contributed by atoms with Gasteiger partial charge >= 0.3 is 0 Å². The third-order valence-electron chi connectivity index (χ3n) is 3.87. The topological polar surface area (TPSA) is 120 Å². The van der Waals surface area contributed by atoms with Gasteiger partial charge in [0.2, 0.25) is 11.8 Å². The van der Waals surface area contributed by atoms with E-state index in [0.717, 1.165) is 18.6 Å². The maximum Gasteiger partial charge on any atom is 0.245 e. The molecule has 1 unspecified atom stereocenters. The van der Waals surface area contributed by atoms with Crippen molar-refractivity contribution in [2.24, 2.45) is 5.73 Å². The lowest BCUT2D eigenvalue weighted by Crippen LogP contribution is -2.39. The SMILES string of the molecule is CNC(CCCCNC(=O)COCCOCCCC(=O)CCSSC)C(N)=O.